The molecule has 5 heteroatoms. The molecule has 90 valence electrons. The highest BCUT2D eigenvalue weighted by Gasteiger charge is 2.14. The first-order chi connectivity index (χ1) is 8.66. The van der Waals surface area contributed by atoms with E-state index in [2.05, 4.69) is 9.97 Å². The molecule has 0 spiro atoms. The smallest absolute Gasteiger partial charge is 0.153 e. The van der Waals surface area contributed by atoms with Crippen molar-refractivity contribution >= 4 is 11.0 Å². The number of halogens is 2. The van der Waals surface area contributed by atoms with Crippen LogP contribution in [0, 0.1) is 11.6 Å². The fourth-order valence-corrected chi connectivity index (χ4v) is 1.97. The highest BCUT2D eigenvalue weighted by Crippen LogP contribution is 2.25. The number of hydrogen-bond acceptors (Lipinski definition) is 2. The van der Waals surface area contributed by atoms with Gasteiger partial charge in [-0.2, -0.15) is 0 Å². The Kier molecular flexibility index (Phi) is 2.33. The third kappa shape index (κ3) is 1.55. The molecule has 0 fully saturated rings. The lowest BCUT2D eigenvalue weighted by Crippen LogP contribution is -1.92. The maximum atomic E-state index is 13.6. The topological polar surface area (TPSA) is 30.7 Å². The first-order valence-corrected chi connectivity index (χ1v) is 5.38. The van der Waals surface area contributed by atoms with E-state index < -0.39 is 11.6 Å². The second-order valence-electron chi connectivity index (χ2n) is 3.99. The highest BCUT2D eigenvalue weighted by atomic mass is 19.1. The Hall–Kier alpha value is -2.30. The number of aromatic nitrogens is 3. The zero-order valence-electron chi connectivity index (χ0n) is 9.56. The van der Waals surface area contributed by atoms with Gasteiger partial charge >= 0.3 is 0 Å². The van der Waals surface area contributed by atoms with Crippen LogP contribution in [0.1, 0.15) is 0 Å². The van der Waals surface area contributed by atoms with Crippen molar-refractivity contribution in [3.63, 3.8) is 0 Å². The standard InChI is InChI=1S/C13H9F2N3/c1-18-11-7-9(14)6-10(15)12(11)17-13(18)8-2-4-16-5-3-8/h2-7H,1H3. The van der Waals surface area contributed by atoms with Crippen LogP contribution in [0.5, 0.6) is 0 Å². The number of fused-ring (bicyclic) bond motifs is 1. The van der Waals surface area contributed by atoms with Gasteiger partial charge in [-0.3, -0.25) is 4.98 Å². The molecule has 2 heterocycles. The summed E-state index contributed by atoms with van der Waals surface area (Å²) in [6.07, 6.45) is 3.26. The van der Waals surface area contributed by atoms with Crippen LogP contribution in [0.25, 0.3) is 22.4 Å². The summed E-state index contributed by atoms with van der Waals surface area (Å²) in [6.45, 7) is 0. The van der Waals surface area contributed by atoms with E-state index in [9.17, 15) is 8.78 Å². The molecule has 2 aromatic heterocycles. The molecule has 0 N–H and O–H groups in total. The molecule has 0 aliphatic carbocycles. The van der Waals surface area contributed by atoms with Crippen molar-refractivity contribution < 1.29 is 8.78 Å². The number of rotatable bonds is 1. The number of nitrogens with zero attached hydrogens (tertiary/aromatic N) is 3. The first kappa shape index (κ1) is 10.8. The van der Waals surface area contributed by atoms with Gasteiger partial charge in [0.15, 0.2) is 5.82 Å². The average Bonchev–Trinajstić information content (AvgIpc) is 2.69. The van der Waals surface area contributed by atoms with Crippen LogP contribution in [0.4, 0.5) is 8.78 Å². The van der Waals surface area contributed by atoms with Gasteiger partial charge in [-0.05, 0) is 18.2 Å². The van der Waals surface area contributed by atoms with Crippen molar-refractivity contribution in [1.29, 1.82) is 0 Å². The van der Waals surface area contributed by atoms with Crippen LogP contribution in [0.2, 0.25) is 0 Å². The molecule has 3 rings (SSSR count). The van der Waals surface area contributed by atoms with Gasteiger partial charge in [-0.1, -0.05) is 0 Å². The third-order valence-corrected chi connectivity index (χ3v) is 2.84. The summed E-state index contributed by atoms with van der Waals surface area (Å²) in [6, 6.07) is 5.66. The lowest BCUT2D eigenvalue weighted by molar-refractivity contribution is 0.590. The summed E-state index contributed by atoms with van der Waals surface area (Å²) in [5.41, 5.74) is 1.41. The first-order valence-electron chi connectivity index (χ1n) is 5.38. The minimum Gasteiger partial charge on any atom is -0.327 e. The average molecular weight is 245 g/mol. The molecule has 0 unspecified atom stereocenters. The van der Waals surface area contributed by atoms with Gasteiger partial charge in [0.05, 0.1) is 5.52 Å². The molecule has 0 radical (unpaired) electrons. The third-order valence-electron chi connectivity index (χ3n) is 2.84. The zero-order valence-corrected chi connectivity index (χ0v) is 9.56. The molecule has 1 aromatic carbocycles. The van der Waals surface area contributed by atoms with E-state index in [-0.39, 0.29) is 5.52 Å². The lowest BCUT2D eigenvalue weighted by atomic mass is 10.2. The van der Waals surface area contributed by atoms with Gasteiger partial charge in [-0.25, -0.2) is 13.8 Å². The molecule has 0 aliphatic rings. The molecule has 3 nitrogen and oxygen atoms in total. The predicted octanol–water partition coefficient (Wildman–Crippen LogP) is 2.91. The number of benzene rings is 1. The number of aryl methyl sites for hydroxylation is 1. The van der Waals surface area contributed by atoms with Crippen molar-refractivity contribution in [3.8, 4) is 11.4 Å². The van der Waals surface area contributed by atoms with Crippen LogP contribution in [0.3, 0.4) is 0 Å². The molecule has 0 saturated heterocycles. The fourth-order valence-electron chi connectivity index (χ4n) is 1.97. The maximum absolute atomic E-state index is 13.6. The van der Waals surface area contributed by atoms with E-state index >= 15 is 0 Å². The Balaban J connectivity index is 2.33. The van der Waals surface area contributed by atoms with E-state index in [1.165, 1.54) is 6.07 Å². The molecule has 0 amide bonds. The summed E-state index contributed by atoms with van der Waals surface area (Å²) >= 11 is 0. The molecular weight excluding hydrogens is 236 g/mol. The van der Waals surface area contributed by atoms with Crippen LogP contribution >= 0.6 is 0 Å². The Morgan fingerprint density at radius 3 is 2.56 bits per heavy atom. The van der Waals surface area contributed by atoms with E-state index in [1.54, 1.807) is 36.1 Å². The van der Waals surface area contributed by atoms with Gasteiger partial charge in [-0.15, -0.1) is 0 Å². The van der Waals surface area contributed by atoms with Crippen molar-refractivity contribution in [3.05, 3.63) is 48.3 Å². The zero-order chi connectivity index (χ0) is 12.7. The second-order valence-corrected chi connectivity index (χ2v) is 3.99. The van der Waals surface area contributed by atoms with Gasteiger partial charge in [0, 0.05) is 31.1 Å². The Labute approximate surface area is 102 Å². The summed E-state index contributed by atoms with van der Waals surface area (Å²) in [4.78, 5) is 8.13. The van der Waals surface area contributed by atoms with Crippen LogP contribution < -0.4 is 0 Å². The second kappa shape index (κ2) is 3.87. The van der Waals surface area contributed by atoms with Crippen molar-refractivity contribution in [1.82, 2.24) is 14.5 Å². The number of imidazole rings is 1. The normalized spacial score (nSPS) is 11.1. The number of pyridine rings is 1. The fraction of sp³-hybridized carbons (Fsp3) is 0.0769. The minimum absolute atomic E-state index is 0.172. The summed E-state index contributed by atoms with van der Waals surface area (Å²) < 4.78 is 28.5. The summed E-state index contributed by atoms with van der Waals surface area (Å²) in [5, 5.41) is 0. The Bertz CT molecular complexity index is 720. The number of hydrogen-bond donors (Lipinski definition) is 0. The monoisotopic (exact) mass is 245 g/mol. The molecule has 3 aromatic rings. The van der Waals surface area contributed by atoms with Gasteiger partial charge < -0.3 is 4.57 Å². The quantitative estimate of drug-likeness (QED) is 0.660. The summed E-state index contributed by atoms with van der Waals surface area (Å²) in [7, 11) is 1.73. The minimum atomic E-state index is -0.652. The lowest BCUT2D eigenvalue weighted by Gasteiger charge is -2.01. The van der Waals surface area contributed by atoms with E-state index in [4.69, 9.17) is 0 Å². The van der Waals surface area contributed by atoms with Crippen molar-refractivity contribution in [2.24, 2.45) is 7.05 Å². The molecule has 18 heavy (non-hydrogen) atoms. The van der Waals surface area contributed by atoms with Crippen LogP contribution in [-0.4, -0.2) is 14.5 Å². The van der Waals surface area contributed by atoms with E-state index in [0.29, 0.717) is 11.3 Å². The Morgan fingerprint density at radius 1 is 1.11 bits per heavy atom. The molecule has 0 bridgehead atoms. The van der Waals surface area contributed by atoms with Crippen molar-refractivity contribution in [2.45, 2.75) is 0 Å². The van der Waals surface area contributed by atoms with Crippen molar-refractivity contribution in [2.75, 3.05) is 0 Å². The van der Waals surface area contributed by atoms with Gasteiger partial charge in [0.1, 0.15) is 17.2 Å². The highest BCUT2D eigenvalue weighted by molar-refractivity contribution is 5.81. The van der Waals surface area contributed by atoms with Gasteiger partial charge in [0.2, 0.25) is 0 Å². The van der Waals surface area contributed by atoms with E-state index in [0.717, 1.165) is 11.6 Å². The molecule has 0 aliphatic heterocycles. The predicted molar refractivity (Wildman–Crippen MR) is 63.9 cm³/mol. The molecule has 0 saturated carbocycles. The van der Waals surface area contributed by atoms with Gasteiger partial charge in [0.25, 0.3) is 0 Å². The summed E-state index contributed by atoms with van der Waals surface area (Å²) in [5.74, 6) is -0.679. The molecular formula is C13H9F2N3. The Morgan fingerprint density at radius 2 is 1.83 bits per heavy atom. The van der Waals surface area contributed by atoms with Crippen LogP contribution in [-0.2, 0) is 7.05 Å². The largest absolute Gasteiger partial charge is 0.327 e. The maximum Gasteiger partial charge on any atom is 0.153 e. The van der Waals surface area contributed by atoms with E-state index in [1.807, 2.05) is 0 Å². The molecule has 0 atom stereocenters. The van der Waals surface area contributed by atoms with Crippen LogP contribution in [0.15, 0.2) is 36.7 Å². The SMILES string of the molecule is Cn1c(-c2ccncc2)nc2c(F)cc(F)cc21.